The van der Waals surface area contributed by atoms with Crippen LogP contribution in [0.5, 0.6) is 5.75 Å². The number of carbonyl (C=O) groups excluding carboxylic acids is 1. The zero-order valence-electron chi connectivity index (χ0n) is 16.6. The van der Waals surface area contributed by atoms with Crippen molar-refractivity contribution in [3.8, 4) is 5.75 Å². The van der Waals surface area contributed by atoms with Crippen LogP contribution in [0.1, 0.15) is 55.0 Å². The summed E-state index contributed by atoms with van der Waals surface area (Å²) in [6.07, 6.45) is 0. The first kappa shape index (κ1) is 21.3. The van der Waals surface area contributed by atoms with E-state index in [1.165, 1.54) is 23.9 Å². The Labute approximate surface area is 165 Å². The normalized spacial score (nSPS) is 12.1. The molecular weight excluding hydrogens is 361 g/mol. The summed E-state index contributed by atoms with van der Waals surface area (Å²) in [5.74, 6) is 2.03. The Morgan fingerprint density at radius 2 is 1.81 bits per heavy atom. The highest BCUT2D eigenvalue weighted by Gasteiger charge is 2.16. The summed E-state index contributed by atoms with van der Waals surface area (Å²) in [5.41, 5.74) is 4.36. The van der Waals surface area contributed by atoms with E-state index >= 15 is 0 Å². The predicted molar refractivity (Wildman–Crippen MR) is 111 cm³/mol. The van der Waals surface area contributed by atoms with Crippen molar-refractivity contribution in [1.29, 1.82) is 0 Å². The Morgan fingerprint density at radius 3 is 2.41 bits per heavy atom. The number of hydrogen-bond donors (Lipinski definition) is 1. The second-order valence-electron chi connectivity index (χ2n) is 7.01. The molecule has 0 aliphatic heterocycles. The van der Waals surface area contributed by atoms with Crippen molar-refractivity contribution in [3.63, 3.8) is 0 Å². The maximum Gasteiger partial charge on any atom is 0.230 e. The Bertz CT molecular complexity index is 775. The number of methoxy groups -OCH3 is 1. The summed E-state index contributed by atoms with van der Waals surface area (Å²) >= 11 is 1.52. The van der Waals surface area contributed by atoms with Crippen LogP contribution >= 0.6 is 11.8 Å². The first-order valence-corrected chi connectivity index (χ1v) is 10.3. The van der Waals surface area contributed by atoms with Crippen molar-refractivity contribution in [2.24, 2.45) is 0 Å². The maximum absolute atomic E-state index is 12.9. The predicted octanol–water partition coefficient (Wildman–Crippen LogP) is 5.38. The number of thioether (sulfide) groups is 1. The van der Waals surface area contributed by atoms with E-state index in [1.807, 2.05) is 19.9 Å². The summed E-state index contributed by atoms with van der Waals surface area (Å²) in [4.78, 5) is 12.3. The van der Waals surface area contributed by atoms with Gasteiger partial charge in [0.15, 0.2) is 0 Å². The van der Waals surface area contributed by atoms with Gasteiger partial charge < -0.3 is 10.1 Å². The van der Waals surface area contributed by atoms with Crippen LogP contribution in [0.4, 0.5) is 4.39 Å². The number of halogens is 1. The van der Waals surface area contributed by atoms with Gasteiger partial charge in [-0.1, -0.05) is 26.0 Å². The van der Waals surface area contributed by atoms with Crippen LogP contribution < -0.4 is 10.1 Å². The third-order valence-electron chi connectivity index (χ3n) is 4.50. The lowest BCUT2D eigenvalue weighted by molar-refractivity contribution is -0.119. The molecule has 0 saturated heterocycles. The van der Waals surface area contributed by atoms with Crippen LogP contribution in [0.15, 0.2) is 36.4 Å². The quantitative estimate of drug-likeness (QED) is 0.659. The molecule has 0 aliphatic carbocycles. The molecule has 2 rings (SSSR count). The number of carbonyl (C=O) groups is 1. The molecule has 27 heavy (non-hydrogen) atoms. The number of amides is 1. The van der Waals surface area contributed by atoms with Crippen molar-refractivity contribution in [3.05, 3.63) is 64.5 Å². The Morgan fingerprint density at radius 1 is 1.15 bits per heavy atom. The largest absolute Gasteiger partial charge is 0.496 e. The van der Waals surface area contributed by atoms with Crippen LogP contribution in [0.3, 0.4) is 0 Å². The molecule has 0 aliphatic rings. The number of benzene rings is 2. The fourth-order valence-electron chi connectivity index (χ4n) is 3.01. The molecule has 0 fully saturated rings. The highest BCUT2D eigenvalue weighted by atomic mass is 32.2. The fraction of sp³-hybridized carbons (Fsp3) is 0.409. The number of hydrogen-bond acceptors (Lipinski definition) is 3. The van der Waals surface area contributed by atoms with Gasteiger partial charge in [0.1, 0.15) is 11.6 Å². The van der Waals surface area contributed by atoms with Gasteiger partial charge in [-0.15, -0.1) is 11.8 Å². The zero-order chi connectivity index (χ0) is 20.0. The summed E-state index contributed by atoms with van der Waals surface area (Å²) in [6.45, 7) is 8.30. The molecule has 5 heteroatoms. The van der Waals surface area contributed by atoms with Gasteiger partial charge in [-0.2, -0.15) is 0 Å². The molecule has 1 atom stereocenters. The molecular formula is C22H28FNO2S. The van der Waals surface area contributed by atoms with Crippen LogP contribution in [-0.2, 0) is 10.5 Å². The first-order chi connectivity index (χ1) is 12.8. The smallest absolute Gasteiger partial charge is 0.230 e. The second-order valence-corrected chi connectivity index (χ2v) is 8.00. The summed E-state index contributed by atoms with van der Waals surface area (Å²) in [5, 5.41) is 3.08. The van der Waals surface area contributed by atoms with E-state index in [0.717, 1.165) is 28.0 Å². The molecule has 146 valence electrons. The fourth-order valence-corrected chi connectivity index (χ4v) is 3.81. The van der Waals surface area contributed by atoms with E-state index in [1.54, 1.807) is 19.2 Å². The first-order valence-electron chi connectivity index (χ1n) is 9.11. The molecule has 0 aromatic heterocycles. The topological polar surface area (TPSA) is 38.3 Å². The Hall–Kier alpha value is -2.01. The Balaban J connectivity index is 1.95. The number of ether oxygens (including phenoxy) is 1. The molecule has 0 heterocycles. The van der Waals surface area contributed by atoms with Gasteiger partial charge in [0.2, 0.25) is 5.91 Å². The minimum atomic E-state index is -0.244. The van der Waals surface area contributed by atoms with E-state index in [-0.39, 0.29) is 17.8 Å². The van der Waals surface area contributed by atoms with E-state index < -0.39 is 0 Å². The average Bonchev–Trinajstić information content (AvgIpc) is 2.62. The van der Waals surface area contributed by atoms with E-state index in [9.17, 15) is 9.18 Å². The standard InChI is InChI=1S/C22H28FNO2S/c1-14(2)19-11-20(15(3)10-21(19)26-5)16(4)24-22(25)13-27-12-17-6-8-18(23)9-7-17/h6-11,14,16H,12-13H2,1-5H3,(H,24,25)/t16-/m0/s1. The van der Waals surface area contributed by atoms with Crippen LogP contribution in [0, 0.1) is 12.7 Å². The molecule has 0 spiro atoms. The van der Waals surface area contributed by atoms with Gasteiger partial charge in [0.05, 0.1) is 18.9 Å². The summed E-state index contributed by atoms with van der Waals surface area (Å²) in [6, 6.07) is 10.5. The van der Waals surface area contributed by atoms with Gasteiger partial charge in [-0.25, -0.2) is 4.39 Å². The van der Waals surface area contributed by atoms with Crippen LogP contribution in [0.2, 0.25) is 0 Å². The van der Waals surface area contributed by atoms with E-state index in [4.69, 9.17) is 4.74 Å². The van der Waals surface area contributed by atoms with Crippen LogP contribution in [-0.4, -0.2) is 18.8 Å². The monoisotopic (exact) mass is 389 g/mol. The SMILES string of the molecule is COc1cc(C)c([C@H](C)NC(=O)CSCc2ccc(F)cc2)cc1C(C)C. The Kier molecular flexibility index (Phi) is 7.72. The molecule has 0 saturated carbocycles. The average molecular weight is 390 g/mol. The van der Waals surface area contributed by atoms with Crippen molar-refractivity contribution in [1.82, 2.24) is 5.32 Å². The van der Waals surface area contributed by atoms with E-state index in [2.05, 4.69) is 25.2 Å². The third kappa shape index (κ3) is 5.99. The molecule has 0 unspecified atom stereocenters. The van der Waals surface area contributed by atoms with Crippen molar-refractivity contribution in [2.75, 3.05) is 12.9 Å². The highest BCUT2D eigenvalue weighted by molar-refractivity contribution is 7.99. The van der Waals surface area contributed by atoms with Gasteiger partial charge in [-0.05, 0) is 66.3 Å². The lowest BCUT2D eigenvalue weighted by atomic mass is 9.93. The van der Waals surface area contributed by atoms with Gasteiger partial charge in [-0.3, -0.25) is 4.79 Å². The zero-order valence-corrected chi connectivity index (χ0v) is 17.5. The lowest BCUT2D eigenvalue weighted by Gasteiger charge is -2.21. The third-order valence-corrected chi connectivity index (χ3v) is 5.50. The molecule has 0 radical (unpaired) electrons. The molecule has 2 aromatic rings. The maximum atomic E-state index is 12.9. The molecule has 2 aromatic carbocycles. The summed E-state index contributed by atoms with van der Waals surface area (Å²) in [7, 11) is 1.68. The van der Waals surface area contributed by atoms with Gasteiger partial charge in [0.25, 0.3) is 0 Å². The number of rotatable bonds is 8. The number of nitrogens with one attached hydrogen (secondary N) is 1. The molecule has 3 nitrogen and oxygen atoms in total. The van der Waals surface area contributed by atoms with Gasteiger partial charge >= 0.3 is 0 Å². The molecule has 1 N–H and O–H groups in total. The lowest BCUT2D eigenvalue weighted by Crippen LogP contribution is -2.28. The van der Waals surface area contributed by atoms with Crippen molar-refractivity contribution < 1.29 is 13.9 Å². The molecule has 0 bridgehead atoms. The van der Waals surface area contributed by atoms with Gasteiger partial charge in [0, 0.05) is 5.75 Å². The second kappa shape index (κ2) is 9.79. The highest BCUT2D eigenvalue weighted by Crippen LogP contribution is 2.32. The summed E-state index contributed by atoms with van der Waals surface area (Å²) < 4.78 is 18.4. The number of aryl methyl sites for hydroxylation is 1. The minimum Gasteiger partial charge on any atom is -0.496 e. The van der Waals surface area contributed by atoms with Crippen molar-refractivity contribution in [2.45, 2.75) is 45.4 Å². The minimum absolute atomic E-state index is 0.00377. The van der Waals surface area contributed by atoms with Crippen molar-refractivity contribution >= 4 is 17.7 Å². The van der Waals surface area contributed by atoms with Crippen LogP contribution in [0.25, 0.3) is 0 Å². The molecule has 1 amide bonds. The van der Waals surface area contributed by atoms with E-state index in [0.29, 0.717) is 17.4 Å².